The van der Waals surface area contributed by atoms with Crippen LogP contribution in [-0.4, -0.2) is 49.7 Å². The Morgan fingerprint density at radius 2 is 1.92 bits per heavy atom. The van der Waals surface area contributed by atoms with Crippen LogP contribution < -0.4 is 5.32 Å². The van der Waals surface area contributed by atoms with Gasteiger partial charge in [-0.05, 0) is 68.1 Å². The van der Waals surface area contributed by atoms with Crippen LogP contribution in [0.2, 0.25) is 0 Å². The molecule has 7 nitrogen and oxygen atoms in total. The van der Waals surface area contributed by atoms with E-state index in [1.54, 1.807) is 22.9 Å². The SMILES string of the molecule is O=CCCCC(c1ccc(F)cc1)N1CCCC(Nc2ccnc(-c3cnc4ccc(F)cn34)n2)C1. The molecule has 3 aromatic heterocycles. The summed E-state index contributed by atoms with van der Waals surface area (Å²) in [6.45, 7) is 1.73. The molecule has 1 fully saturated rings. The predicted molar refractivity (Wildman–Crippen MR) is 133 cm³/mol. The summed E-state index contributed by atoms with van der Waals surface area (Å²) in [5, 5.41) is 3.54. The average molecular weight is 491 g/mol. The van der Waals surface area contributed by atoms with Gasteiger partial charge in [0, 0.05) is 37.4 Å². The fourth-order valence-corrected chi connectivity index (χ4v) is 4.94. The first-order valence-corrected chi connectivity index (χ1v) is 12.3. The molecule has 0 amide bonds. The van der Waals surface area contributed by atoms with Crippen molar-refractivity contribution in [2.45, 2.75) is 44.2 Å². The van der Waals surface area contributed by atoms with Crippen molar-refractivity contribution in [1.29, 1.82) is 0 Å². The van der Waals surface area contributed by atoms with E-state index in [0.717, 1.165) is 50.6 Å². The smallest absolute Gasteiger partial charge is 0.180 e. The van der Waals surface area contributed by atoms with Gasteiger partial charge >= 0.3 is 0 Å². The van der Waals surface area contributed by atoms with Crippen molar-refractivity contribution in [3.63, 3.8) is 0 Å². The number of halogens is 2. The highest BCUT2D eigenvalue weighted by Crippen LogP contribution is 2.30. The van der Waals surface area contributed by atoms with Crippen molar-refractivity contribution < 1.29 is 13.6 Å². The van der Waals surface area contributed by atoms with E-state index in [1.165, 1.54) is 24.4 Å². The number of fused-ring (bicyclic) bond motifs is 1. The molecule has 2 atom stereocenters. The lowest BCUT2D eigenvalue weighted by molar-refractivity contribution is -0.108. The summed E-state index contributed by atoms with van der Waals surface area (Å²) in [7, 11) is 0. The van der Waals surface area contributed by atoms with Gasteiger partial charge in [0.05, 0.1) is 6.20 Å². The van der Waals surface area contributed by atoms with E-state index < -0.39 is 0 Å². The van der Waals surface area contributed by atoms with Crippen LogP contribution in [0.3, 0.4) is 0 Å². The van der Waals surface area contributed by atoms with Crippen molar-refractivity contribution >= 4 is 17.8 Å². The van der Waals surface area contributed by atoms with E-state index in [2.05, 4.69) is 25.2 Å². The molecule has 2 unspecified atom stereocenters. The van der Waals surface area contributed by atoms with Gasteiger partial charge in [-0.15, -0.1) is 0 Å². The number of carbonyl (C=O) groups is 1. The number of unbranched alkanes of at least 4 members (excludes halogenated alkanes) is 1. The van der Waals surface area contributed by atoms with Gasteiger partial charge < -0.3 is 10.1 Å². The molecular formula is C27H28F2N6O. The summed E-state index contributed by atoms with van der Waals surface area (Å²) < 4.78 is 29.0. The number of anilines is 1. The van der Waals surface area contributed by atoms with Gasteiger partial charge in [-0.25, -0.2) is 23.7 Å². The van der Waals surface area contributed by atoms with Crippen LogP contribution in [-0.2, 0) is 4.79 Å². The van der Waals surface area contributed by atoms with Crippen LogP contribution in [0.4, 0.5) is 14.6 Å². The third-order valence-corrected chi connectivity index (χ3v) is 6.65. The van der Waals surface area contributed by atoms with Crippen LogP contribution in [0, 0.1) is 11.6 Å². The van der Waals surface area contributed by atoms with Gasteiger partial charge in [0.15, 0.2) is 5.82 Å². The molecule has 36 heavy (non-hydrogen) atoms. The highest BCUT2D eigenvalue weighted by Gasteiger charge is 2.27. The molecule has 0 radical (unpaired) electrons. The van der Waals surface area contributed by atoms with Crippen LogP contribution in [0.15, 0.2) is 61.1 Å². The normalized spacial score (nSPS) is 17.2. The second-order valence-electron chi connectivity index (χ2n) is 9.13. The van der Waals surface area contributed by atoms with E-state index in [9.17, 15) is 13.6 Å². The summed E-state index contributed by atoms with van der Waals surface area (Å²) in [6, 6.07) is 11.8. The summed E-state index contributed by atoms with van der Waals surface area (Å²) >= 11 is 0. The van der Waals surface area contributed by atoms with E-state index in [-0.39, 0.29) is 23.7 Å². The lowest BCUT2D eigenvalue weighted by atomic mass is 9.95. The average Bonchev–Trinajstić information content (AvgIpc) is 3.31. The number of nitrogens with one attached hydrogen (secondary N) is 1. The highest BCUT2D eigenvalue weighted by atomic mass is 19.1. The number of aromatic nitrogens is 4. The molecule has 0 spiro atoms. The van der Waals surface area contributed by atoms with Crippen LogP contribution in [0.25, 0.3) is 17.2 Å². The Hall–Kier alpha value is -3.72. The summed E-state index contributed by atoms with van der Waals surface area (Å²) in [5.74, 6) is 0.542. The number of hydrogen-bond acceptors (Lipinski definition) is 6. The molecular weight excluding hydrogens is 462 g/mol. The summed E-state index contributed by atoms with van der Waals surface area (Å²) in [6.07, 6.45) is 9.79. The predicted octanol–water partition coefficient (Wildman–Crippen LogP) is 5.06. The lowest BCUT2D eigenvalue weighted by Gasteiger charge is -2.39. The maximum Gasteiger partial charge on any atom is 0.180 e. The molecule has 4 aromatic rings. The fraction of sp³-hybridized carbons (Fsp3) is 0.333. The minimum Gasteiger partial charge on any atom is -0.366 e. The monoisotopic (exact) mass is 490 g/mol. The maximum atomic E-state index is 13.8. The molecule has 1 saturated heterocycles. The molecule has 0 aliphatic carbocycles. The van der Waals surface area contributed by atoms with Gasteiger partial charge in [0.2, 0.25) is 0 Å². The number of rotatable bonds is 9. The Balaban J connectivity index is 1.32. The topological polar surface area (TPSA) is 75.4 Å². The van der Waals surface area contributed by atoms with Crippen LogP contribution in [0.5, 0.6) is 0 Å². The second-order valence-corrected chi connectivity index (χ2v) is 9.13. The maximum absolute atomic E-state index is 13.8. The Morgan fingerprint density at radius 3 is 2.75 bits per heavy atom. The Kier molecular flexibility index (Phi) is 7.27. The van der Waals surface area contributed by atoms with Crippen molar-refractivity contribution in [3.8, 4) is 11.5 Å². The zero-order valence-corrected chi connectivity index (χ0v) is 19.9. The molecule has 5 rings (SSSR count). The number of likely N-dealkylation sites (tertiary alicyclic amines) is 1. The van der Waals surface area contributed by atoms with E-state index in [4.69, 9.17) is 0 Å². The molecule has 0 bridgehead atoms. The second kappa shape index (κ2) is 10.9. The van der Waals surface area contributed by atoms with Crippen LogP contribution >= 0.6 is 0 Å². The van der Waals surface area contributed by atoms with Crippen molar-refractivity contribution in [3.05, 3.63) is 78.3 Å². The minimum atomic E-state index is -0.359. The van der Waals surface area contributed by atoms with Crippen molar-refractivity contribution in [2.24, 2.45) is 0 Å². The summed E-state index contributed by atoms with van der Waals surface area (Å²) in [5.41, 5.74) is 2.30. The van der Waals surface area contributed by atoms with E-state index in [0.29, 0.717) is 29.4 Å². The number of hydrogen-bond donors (Lipinski definition) is 1. The van der Waals surface area contributed by atoms with Crippen molar-refractivity contribution in [2.75, 3.05) is 18.4 Å². The summed E-state index contributed by atoms with van der Waals surface area (Å²) in [4.78, 5) is 26.7. The number of nitrogens with zero attached hydrogens (tertiary/aromatic N) is 5. The molecule has 1 aromatic carbocycles. The first-order chi connectivity index (χ1) is 17.6. The third kappa shape index (κ3) is 5.41. The zero-order chi connectivity index (χ0) is 24.9. The van der Waals surface area contributed by atoms with E-state index in [1.807, 2.05) is 18.2 Å². The molecule has 186 valence electrons. The standard InChI is InChI=1S/C27H28F2N6O/c28-20-8-6-19(7-9-20)23(5-1-2-15-36)34-14-3-4-22(18-34)32-25-12-13-30-27(33-25)24-16-31-26-11-10-21(29)17-35(24)26/h6-13,15-17,22-23H,1-5,14,18H2,(H,30,32,33). The van der Waals surface area contributed by atoms with Crippen molar-refractivity contribution in [1.82, 2.24) is 24.3 Å². The van der Waals surface area contributed by atoms with Gasteiger partial charge in [-0.3, -0.25) is 9.30 Å². The molecule has 4 heterocycles. The van der Waals surface area contributed by atoms with Crippen LogP contribution in [0.1, 0.15) is 43.7 Å². The Bertz CT molecular complexity index is 1330. The largest absolute Gasteiger partial charge is 0.366 e. The molecule has 1 aliphatic heterocycles. The van der Waals surface area contributed by atoms with Gasteiger partial charge in [-0.2, -0.15) is 0 Å². The highest BCUT2D eigenvalue weighted by molar-refractivity contribution is 5.58. The number of benzene rings is 1. The lowest BCUT2D eigenvalue weighted by Crippen LogP contribution is -2.44. The third-order valence-electron chi connectivity index (χ3n) is 6.65. The van der Waals surface area contributed by atoms with Gasteiger partial charge in [-0.1, -0.05) is 12.1 Å². The molecule has 1 aliphatic rings. The molecule has 9 heteroatoms. The number of pyridine rings is 1. The Labute approximate surface area is 208 Å². The molecule has 0 saturated carbocycles. The molecule has 1 N–H and O–H groups in total. The number of carbonyl (C=O) groups excluding carboxylic acids is 1. The first kappa shape index (κ1) is 24.0. The fourth-order valence-electron chi connectivity index (χ4n) is 4.94. The number of imidazole rings is 1. The van der Waals surface area contributed by atoms with E-state index >= 15 is 0 Å². The zero-order valence-electron chi connectivity index (χ0n) is 19.9. The van der Waals surface area contributed by atoms with Gasteiger partial charge in [0.25, 0.3) is 0 Å². The Morgan fingerprint density at radius 1 is 1.08 bits per heavy atom. The quantitative estimate of drug-likeness (QED) is 0.261. The van der Waals surface area contributed by atoms with Gasteiger partial charge in [0.1, 0.15) is 35.1 Å². The first-order valence-electron chi connectivity index (χ1n) is 12.3. The number of piperidine rings is 1. The number of aldehydes is 1. The minimum absolute atomic E-state index is 0.115.